The van der Waals surface area contributed by atoms with Gasteiger partial charge >= 0.3 is 0 Å². The molecule has 0 aliphatic heterocycles. The molecule has 16 heavy (non-hydrogen) atoms. The number of hydrogen-bond acceptors (Lipinski definition) is 2. The normalized spacial score (nSPS) is 24.1. The molecule has 2 rings (SSSR count). The lowest BCUT2D eigenvalue weighted by atomic mass is 9.77. The van der Waals surface area contributed by atoms with Crippen LogP contribution in [0, 0.1) is 0 Å². The average molecular weight is 235 g/mol. The number of benzene rings is 1. The summed E-state index contributed by atoms with van der Waals surface area (Å²) in [7, 11) is 0. The number of fused-ring (bicyclic) bond motifs is 1. The van der Waals surface area contributed by atoms with Crippen molar-refractivity contribution in [2.45, 2.75) is 38.1 Å². The zero-order chi connectivity index (χ0) is 11.4. The van der Waals surface area contributed by atoms with Gasteiger partial charge < -0.3 is 5.73 Å². The van der Waals surface area contributed by atoms with E-state index in [-0.39, 0.29) is 5.54 Å². The molecule has 0 saturated heterocycles. The van der Waals surface area contributed by atoms with Crippen molar-refractivity contribution in [3.05, 3.63) is 35.4 Å². The van der Waals surface area contributed by atoms with Gasteiger partial charge in [-0.15, -0.1) is 0 Å². The van der Waals surface area contributed by atoms with E-state index >= 15 is 0 Å². The SMILES string of the molecule is CCSCCC1(N)CCc2ccccc2C1. The van der Waals surface area contributed by atoms with Crippen LogP contribution in [0.1, 0.15) is 30.9 Å². The summed E-state index contributed by atoms with van der Waals surface area (Å²) in [5.41, 5.74) is 9.53. The van der Waals surface area contributed by atoms with Crippen molar-refractivity contribution in [1.29, 1.82) is 0 Å². The van der Waals surface area contributed by atoms with E-state index < -0.39 is 0 Å². The topological polar surface area (TPSA) is 26.0 Å². The average Bonchev–Trinajstić information content (AvgIpc) is 2.29. The quantitative estimate of drug-likeness (QED) is 0.812. The summed E-state index contributed by atoms with van der Waals surface area (Å²) in [5.74, 6) is 2.40. The predicted molar refractivity (Wildman–Crippen MR) is 73.0 cm³/mol. The summed E-state index contributed by atoms with van der Waals surface area (Å²) in [6, 6.07) is 8.75. The van der Waals surface area contributed by atoms with Crippen molar-refractivity contribution in [2.75, 3.05) is 11.5 Å². The van der Waals surface area contributed by atoms with Crippen LogP contribution in [0.2, 0.25) is 0 Å². The van der Waals surface area contributed by atoms with E-state index in [1.807, 2.05) is 11.8 Å². The Kier molecular flexibility index (Phi) is 3.93. The summed E-state index contributed by atoms with van der Waals surface area (Å²) >= 11 is 2.00. The highest BCUT2D eigenvalue weighted by atomic mass is 32.2. The second-order valence-corrected chi connectivity index (χ2v) is 6.15. The lowest BCUT2D eigenvalue weighted by Gasteiger charge is -2.34. The molecule has 0 aromatic heterocycles. The second kappa shape index (κ2) is 5.24. The summed E-state index contributed by atoms with van der Waals surface area (Å²) < 4.78 is 0. The van der Waals surface area contributed by atoms with Crippen molar-refractivity contribution in [3.8, 4) is 0 Å². The molecule has 0 amide bonds. The number of aryl methyl sites for hydroxylation is 1. The molecule has 0 heterocycles. The van der Waals surface area contributed by atoms with Crippen molar-refractivity contribution >= 4 is 11.8 Å². The van der Waals surface area contributed by atoms with Crippen molar-refractivity contribution < 1.29 is 0 Å². The molecule has 2 N–H and O–H groups in total. The smallest absolute Gasteiger partial charge is 0.0206 e. The number of hydrogen-bond donors (Lipinski definition) is 1. The first-order chi connectivity index (χ1) is 7.73. The predicted octanol–water partition coefficient (Wildman–Crippen LogP) is 3.02. The molecule has 1 aliphatic carbocycles. The molecule has 1 aromatic carbocycles. The summed E-state index contributed by atoms with van der Waals surface area (Å²) in [4.78, 5) is 0. The van der Waals surface area contributed by atoms with Gasteiger partial charge in [0.25, 0.3) is 0 Å². The zero-order valence-electron chi connectivity index (χ0n) is 10.0. The van der Waals surface area contributed by atoms with Crippen LogP contribution in [-0.4, -0.2) is 17.0 Å². The maximum atomic E-state index is 6.50. The van der Waals surface area contributed by atoms with Crippen molar-refractivity contribution in [2.24, 2.45) is 5.73 Å². The van der Waals surface area contributed by atoms with Crippen LogP contribution in [0.15, 0.2) is 24.3 Å². The van der Waals surface area contributed by atoms with E-state index in [1.165, 1.54) is 22.6 Å². The van der Waals surface area contributed by atoms with Gasteiger partial charge in [-0.1, -0.05) is 31.2 Å². The van der Waals surface area contributed by atoms with Gasteiger partial charge in [-0.25, -0.2) is 0 Å². The molecule has 0 fully saturated rings. The Bertz CT molecular complexity index is 350. The Hall–Kier alpha value is -0.470. The minimum Gasteiger partial charge on any atom is -0.325 e. The van der Waals surface area contributed by atoms with Crippen LogP contribution in [0.25, 0.3) is 0 Å². The van der Waals surface area contributed by atoms with Gasteiger partial charge in [0, 0.05) is 5.54 Å². The molecular formula is C14H21NS. The van der Waals surface area contributed by atoms with Crippen LogP contribution in [0.3, 0.4) is 0 Å². The van der Waals surface area contributed by atoms with E-state index in [0.717, 1.165) is 25.7 Å². The largest absolute Gasteiger partial charge is 0.325 e. The number of rotatable bonds is 4. The Balaban J connectivity index is 2.00. The highest BCUT2D eigenvalue weighted by Gasteiger charge is 2.29. The summed E-state index contributed by atoms with van der Waals surface area (Å²) in [6.07, 6.45) is 4.52. The molecule has 1 atom stereocenters. The van der Waals surface area contributed by atoms with E-state index in [0.29, 0.717) is 0 Å². The lowest BCUT2D eigenvalue weighted by molar-refractivity contribution is 0.362. The van der Waals surface area contributed by atoms with E-state index in [2.05, 4.69) is 31.2 Å². The number of thioether (sulfide) groups is 1. The molecule has 0 spiro atoms. The van der Waals surface area contributed by atoms with Gasteiger partial charge in [-0.2, -0.15) is 11.8 Å². The molecule has 1 aromatic rings. The first-order valence-corrected chi connectivity index (χ1v) is 7.32. The van der Waals surface area contributed by atoms with Crippen LogP contribution in [0.4, 0.5) is 0 Å². The highest BCUT2D eigenvalue weighted by Crippen LogP contribution is 2.30. The third-order valence-electron chi connectivity index (χ3n) is 3.50. The van der Waals surface area contributed by atoms with Gasteiger partial charge in [-0.05, 0) is 48.3 Å². The molecule has 1 nitrogen and oxygen atoms in total. The third-order valence-corrected chi connectivity index (χ3v) is 4.40. The molecule has 2 heteroatoms. The first-order valence-electron chi connectivity index (χ1n) is 6.17. The molecule has 1 aliphatic rings. The summed E-state index contributed by atoms with van der Waals surface area (Å²) in [6.45, 7) is 2.21. The lowest BCUT2D eigenvalue weighted by Crippen LogP contribution is -2.45. The Morgan fingerprint density at radius 1 is 1.31 bits per heavy atom. The van der Waals surface area contributed by atoms with Crippen molar-refractivity contribution in [3.63, 3.8) is 0 Å². The standard InChI is InChI=1S/C14H21NS/c1-2-16-10-9-14(15)8-7-12-5-3-4-6-13(12)11-14/h3-6H,2,7-11,15H2,1H3. The van der Waals surface area contributed by atoms with Gasteiger partial charge in [-0.3, -0.25) is 0 Å². The summed E-state index contributed by atoms with van der Waals surface area (Å²) in [5, 5.41) is 0. The number of nitrogens with two attached hydrogens (primary N) is 1. The Morgan fingerprint density at radius 2 is 2.06 bits per heavy atom. The third kappa shape index (κ3) is 2.80. The monoisotopic (exact) mass is 235 g/mol. The van der Waals surface area contributed by atoms with Crippen molar-refractivity contribution in [1.82, 2.24) is 0 Å². The van der Waals surface area contributed by atoms with Crippen LogP contribution >= 0.6 is 11.8 Å². The van der Waals surface area contributed by atoms with Crippen LogP contribution in [-0.2, 0) is 12.8 Å². The maximum absolute atomic E-state index is 6.50. The minimum atomic E-state index is 0.0521. The van der Waals surface area contributed by atoms with E-state index in [1.54, 1.807) is 0 Å². The molecule has 1 unspecified atom stereocenters. The van der Waals surface area contributed by atoms with E-state index in [4.69, 9.17) is 5.73 Å². The molecule has 88 valence electrons. The highest BCUT2D eigenvalue weighted by molar-refractivity contribution is 7.99. The Morgan fingerprint density at radius 3 is 2.81 bits per heavy atom. The molecular weight excluding hydrogens is 214 g/mol. The van der Waals surface area contributed by atoms with Crippen LogP contribution < -0.4 is 5.73 Å². The fourth-order valence-corrected chi connectivity index (χ4v) is 3.30. The minimum absolute atomic E-state index is 0.0521. The van der Waals surface area contributed by atoms with E-state index in [9.17, 15) is 0 Å². The van der Waals surface area contributed by atoms with Gasteiger partial charge in [0.15, 0.2) is 0 Å². The molecule has 0 radical (unpaired) electrons. The van der Waals surface area contributed by atoms with Gasteiger partial charge in [0.2, 0.25) is 0 Å². The Labute approximate surface area is 103 Å². The zero-order valence-corrected chi connectivity index (χ0v) is 10.9. The maximum Gasteiger partial charge on any atom is 0.0206 e. The fourth-order valence-electron chi connectivity index (χ4n) is 2.46. The second-order valence-electron chi connectivity index (χ2n) is 4.75. The fraction of sp³-hybridized carbons (Fsp3) is 0.571. The molecule has 0 bridgehead atoms. The van der Waals surface area contributed by atoms with Gasteiger partial charge in [0.05, 0.1) is 0 Å². The van der Waals surface area contributed by atoms with Gasteiger partial charge in [0.1, 0.15) is 0 Å². The van der Waals surface area contributed by atoms with Crippen LogP contribution in [0.5, 0.6) is 0 Å². The first kappa shape index (κ1) is 12.0. The molecule has 0 saturated carbocycles.